The summed E-state index contributed by atoms with van der Waals surface area (Å²) in [6.07, 6.45) is 2.22. The fourth-order valence-corrected chi connectivity index (χ4v) is 5.80. The molecular formula is C27H33ClN2O5. The predicted octanol–water partition coefficient (Wildman–Crippen LogP) is 4.58. The van der Waals surface area contributed by atoms with Gasteiger partial charge in [-0.3, -0.25) is 14.4 Å². The molecule has 1 amide bonds. The number of nitrogens with one attached hydrogen (secondary N) is 1. The number of amides is 1. The number of rotatable bonds is 6. The minimum atomic E-state index is -0.638. The highest BCUT2D eigenvalue weighted by Gasteiger charge is 2.46. The van der Waals surface area contributed by atoms with E-state index in [1.807, 2.05) is 6.92 Å². The summed E-state index contributed by atoms with van der Waals surface area (Å²) in [5.41, 5.74) is 8.57. The van der Waals surface area contributed by atoms with Gasteiger partial charge in [0.1, 0.15) is 0 Å². The van der Waals surface area contributed by atoms with Gasteiger partial charge in [0.25, 0.3) is 5.91 Å². The number of halogens is 1. The van der Waals surface area contributed by atoms with Crippen molar-refractivity contribution in [3.05, 3.63) is 45.3 Å². The maximum Gasteiger partial charge on any atom is 0.255 e. The number of ether oxygens (including phenoxy) is 2. The summed E-state index contributed by atoms with van der Waals surface area (Å²) in [5, 5.41) is 3.73. The molecular weight excluding hydrogens is 468 g/mol. The minimum absolute atomic E-state index is 0.0288. The van der Waals surface area contributed by atoms with Gasteiger partial charge in [-0.2, -0.15) is 0 Å². The first-order chi connectivity index (χ1) is 16.3. The van der Waals surface area contributed by atoms with Crippen LogP contribution in [-0.2, 0) is 14.4 Å². The second-order valence-corrected chi connectivity index (χ2v) is 11.6. The third kappa shape index (κ3) is 4.96. The number of ketones is 2. The zero-order valence-corrected chi connectivity index (χ0v) is 21.7. The average molecular weight is 501 g/mol. The molecule has 0 bridgehead atoms. The molecule has 1 aliphatic heterocycles. The van der Waals surface area contributed by atoms with E-state index in [-0.39, 0.29) is 39.8 Å². The summed E-state index contributed by atoms with van der Waals surface area (Å²) in [6, 6.07) is 3.46. The molecule has 0 unspecified atom stereocenters. The summed E-state index contributed by atoms with van der Waals surface area (Å²) >= 11 is 6.61. The standard InChI is InChI=1S/C27H33ClN2O5/c1-6-34-20-8-14(7-15(28)25(20)35-13-21(29)33)22-23-16(9-26(2,3)11-18(23)31)30-17-10-27(4,5)12-19(32)24(17)22/h7-8,22,30H,6,9-13H2,1-5H3,(H2,29,33). The molecule has 35 heavy (non-hydrogen) atoms. The van der Waals surface area contributed by atoms with Crippen molar-refractivity contribution in [2.45, 2.75) is 66.2 Å². The van der Waals surface area contributed by atoms with Crippen LogP contribution in [0.2, 0.25) is 5.02 Å². The maximum absolute atomic E-state index is 13.5. The zero-order chi connectivity index (χ0) is 25.7. The highest BCUT2D eigenvalue weighted by Crippen LogP contribution is 2.52. The van der Waals surface area contributed by atoms with Crippen molar-refractivity contribution in [3.8, 4) is 11.5 Å². The van der Waals surface area contributed by atoms with Crippen molar-refractivity contribution in [2.75, 3.05) is 13.2 Å². The molecule has 188 valence electrons. The fourth-order valence-electron chi connectivity index (χ4n) is 5.52. The Hall–Kier alpha value is -2.80. The molecule has 0 fully saturated rings. The number of hydrogen-bond donors (Lipinski definition) is 2. The van der Waals surface area contributed by atoms with E-state index in [2.05, 4.69) is 33.0 Å². The van der Waals surface area contributed by atoms with Gasteiger partial charge in [0, 0.05) is 41.3 Å². The molecule has 1 heterocycles. The maximum atomic E-state index is 13.5. The molecule has 8 heteroatoms. The molecule has 7 nitrogen and oxygen atoms in total. The van der Waals surface area contributed by atoms with Crippen LogP contribution in [0.4, 0.5) is 0 Å². The van der Waals surface area contributed by atoms with Gasteiger partial charge in [-0.05, 0) is 48.3 Å². The molecule has 0 aromatic heterocycles. The van der Waals surface area contributed by atoms with Crippen LogP contribution in [-0.4, -0.2) is 30.7 Å². The van der Waals surface area contributed by atoms with Crippen molar-refractivity contribution < 1.29 is 23.9 Å². The molecule has 0 saturated heterocycles. The highest BCUT2D eigenvalue weighted by atomic mass is 35.5. The van der Waals surface area contributed by atoms with E-state index in [9.17, 15) is 14.4 Å². The number of dihydropyridines is 1. The quantitative estimate of drug-likeness (QED) is 0.592. The summed E-state index contributed by atoms with van der Waals surface area (Å²) in [7, 11) is 0. The van der Waals surface area contributed by atoms with Gasteiger partial charge >= 0.3 is 0 Å². The number of nitrogens with two attached hydrogens (primary N) is 1. The summed E-state index contributed by atoms with van der Waals surface area (Å²) < 4.78 is 11.3. The Morgan fingerprint density at radius 1 is 1.00 bits per heavy atom. The number of allylic oxidation sites excluding steroid dienone is 4. The third-order valence-electron chi connectivity index (χ3n) is 6.74. The van der Waals surface area contributed by atoms with E-state index in [1.54, 1.807) is 12.1 Å². The van der Waals surface area contributed by atoms with E-state index in [4.69, 9.17) is 26.8 Å². The van der Waals surface area contributed by atoms with Crippen molar-refractivity contribution in [1.82, 2.24) is 5.32 Å². The van der Waals surface area contributed by atoms with Crippen LogP contribution in [0.5, 0.6) is 11.5 Å². The molecule has 0 spiro atoms. The highest BCUT2D eigenvalue weighted by molar-refractivity contribution is 6.32. The topological polar surface area (TPSA) is 108 Å². The number of carbonyl (C=O) groups is 3. The van der Waals surface area contributed by atoms with Crippen molar-refractivity contribution in [3.63, 3.8) is 0 Å². The van der Waals surface area contributed by atoms with Gasteiger partial charge in [-0.15, -0.1) is 0 Å². The molecule has 1 aromatic rings. The average Bonchev–Trinajstić information content (AvgIpc) is 2.69. The lowest BCUT2D eigenvalue weighted by atomic mass is 9.64. The summed E-state index contributed by atoms with van der Waals surface area (Å²) in [6.45, 7) is 10.1. The van der Waals surface area contributed by atoms with E-state index in [0.29, 0.717) is 54.7 Å². The van der Waals surface area contributed by atoms with Crippen molar-refractivity contribution >= 4 is 29.1 Å². The predicted molar refractivity (Wildman–Crippen MR) is 133 cm³/mol. The van der Waals surface area contributed by atoms with E-state index < -0.39 is 11.8 Å². The van der Waals surface area contributed by atoms with Crippen LogP contribution in [0.25, 0.3) is 0 Å². The molecule has 4 rings (SSSR count). The van der Waals surface area contributed by atoms with Gasteiger partial charge in [-0.1, -0.05) is 39.3 Å². The molecule has 3 aliphatic rings. The minimum Gasteiger partial charge on any atom is -0.490 e. The van der Waals surface area contributed by atoms with Gasteiger partial charge < -0.3 is 20.5 Å². The van der Waals surface area contributed by atoms with Crippen LogP contribution >= 0.6 is 11.6 Å². The molecule has 0 radical (unpaired) electrons. The van der Waals surface area contributed by atoms with Crippen molar-refractivity contribution in [2.24, 2.45) is 16.6 Å². The van der Waals surface area contributed by atoms with E-state index in [1.165, 1.54) is 0 Å². The first-order valence-electron chi connectivity index (χ1n) is 12.0. The number of Topliss-reactive ketones (excluding diaryl/α,β-unsaturated/α-hetero) is 2. The second-order valence-electron chi connectivity index (χ2n) is 11.2. The summed E-state index contributed by atoms with van der Waals surface area (Å²) in [4.78, 5) is 38.3. The van der Waals surface area contributed by atoms with Gasteiger partial charge in [0.15, 0.2) is 29.7 Å². The molecule has 0 atom stereocenters. The lowest BCUT2D eigenvalue weighted by Gasteiger charge is -2.44. The zero-order valence-electron chi connectivity index (χ0n) is 21.0. The fraction of sp³-hybridized carbons (Fsp3) is 0.519. The number of hydrogen-bond acceptors (Lipinski definition) is 6. The van der Waals surface area contributed by atoms with Crippen LogP contribution < -0.4 is 20.5 Å². The normalized spacial score (nSPS) is 21.3. The van der Waals surface area contributed by atoms with Crippen LogP contribution in [0.3, 0.4) is 0 Å². The largest absolute Gasteiger partial charge is 0.490 e. The lowest BCUT2D eigenvalue weighted by molar-refractivity contribution is -0.120. The number of benzene rings is 1. The van der Waals surface area contributed by atoms with Crippen LogP contribution in [0.15, 0.2) is 34.7 Å². The Labute approximate surface area is 211 Å². The number of carbonyl (C=O) groups excluding carboxylic acids is 3. The number of primary amides is 1. The lowest BCUT2D eigenvalue weighted by Crippen LogP contribution is -2.42. The van der Waals surface area contributed by atoms with E-state index >= 15 is 0 Å². The Bertz CT molecular complexity index is 1130. The van der Waals surface area contributed by atoms with Gasteiger partial charge in [-0.25, -0.2) is 0 Å². The smallest absolute Gasteiger partial charge is 0.255 e. The van der Waals surface area contributed by atoms with Gasteiger partial charge in [0.05, 0.1) is 11.6 Å². The Kier molecular flexibility index (Phi) is 6.51. The Balaban J connectivity index is 1.90. The SMILES string of the molecule is CCOc1cc(C2C3=C(CC(C)(C)CC3=O)NC3=C2C(=O)CC(C)(C)C3)cc(Cl)c1OCC(N)=O. The van der Waals surface area contributed by atoms with Crippen molar-refractivity contribution in [1.29, 1.82) is 0 Å². The molecule has 3 N–H and O–H groups in total. The third-order valence-corrected chi connectivity index (χ3v) is 7.02. The summed E-state index contributed by atoms with van der Waals surface area (Å²) in [5.74, 6) is -0.578. The van der Waals surface area contributed by atoms with Gasteiger partial charge in [0.2, 0.25) is 0 Å². The second kappa shape index (κ2) is 9.01. The Morgan fingerprint density at radius 2 is 1.54 bits per heavy atom. The monoisotopic (exact) mass is 500 g/mol. The van der Waals surface area contributed by atoms with E-state index in [0.717, 1.165) is 11.4 Å². The molecule has 1 aromatic carbocycles. The Morgan fingerprint density at radius 3 is 2.03 bits per heavy atom. The van der Waals surface area contributed by atoms with Crippen LogP contribution in [0, 0.1) is 10.8 Å². The molecule has 0 saturated carbocycles. The molecule has 2 aliphatic carbocycles. The van der Waals surface area contributed by atoms with Crippen LogP contribution in [0.1, 0.15) is 71.8 Å². The first kappa shape index (κ1) is 25.3. The first-order valence-corrected chi connectivity index (χ1v) is 12.4.